The second-order valence-electron chi connectivity index (χ2n) is 7.10. The predicted octanol–water partition coefficient (Wildman–Crippen LogP) is 4.10. The largest absolute Gasteiger partial charge is 0.444 e. The Morgan fingerprint density at radius 3 is 2.24 bits per heavy atom. The van der Waals surface area contributed by atoms with Crippen molar-refractivity contribution in [2.75, 3.05) is 13.1 Å². The van der Waals surface area contributed by atoms with Crippen LogP contribution in [0.1, 0.15) is 73.6 Å². The van der Waals surface area contributed by atoms with Gasteiger partial charge in [0.2, 0.25) is 0 Å². The molecule has 0 saturated heterocycles. The number of amides is 1. The van der Waals surface area contributed by atoms with Crippen LogP contribution < -0.4 is 10.6 Å². The van der Waals surface area contributed by atoms with E-state index in [0.29, 0.717) is 18.5 Å². The molecule has 126 valence electrons. The van der Waals surface area contributed by atoms with Gasteiger partial charge >= 0.3 is 6.09 Å². The highest BCUT2D eigenvalue weighted by atomic mass is 16.6. The molecule has 1 unspecified atom stereocenters. The van der Waals surface area contributed by atoms with Gasteiger partial charge in [0, 0.05) is 12.6 Å². The number of hydrogen-bond donors (Lipinski definition) is 2. The maximum Gasteiger partial charge on any atom is 0.407 e. The third-order valence-corrected chi connectivity index (χ3v) is 3.36. The SMILES string of the molecule is CCCCCCCNC(CNC(=O)OC(C)(C)C)C(C)C. The van der Waals surface area contributed by atoms with Crippen LogP contribution in [0.5, 0.6) is 0 Å². The van der Waals surface area contributed by atoms with Crippen molar-refractivity contribution in [2.45, 2.75) is 85.3 Å². The lowest BCUT2D eigenvalue weighted by atomic mass is 10.0. The van der Waals surface area contributed by atoms with Gasteiger partial charge in [0.25, 0.3) is 0 Å². The smallest absolute Gasteiger partial charge is 0.407 e. The molecule has 4 nitrogen and oxygen atoms in total. The molecule has 0 fully saturated rings. The quantitative estimate of drug-likeness (QED) is 0.597. The van der Waals surface area contributed by atoms with E-state index >= 15 is 0 Å². The lowest BCUT2D eigenvalue weighted by molar-refractivity contribution is 0.0519. The van der Waals surface area contributed by atoms with Crippen molar-refractivity contribution in [1.82, 2.24) is 10.6 Å². The van der Waals surface area contributed by atoms with E-state index in [1.54, 1.807) is 0 Å². The van der Waals surface area contributed by atoms with E-state index < -0.39 is 5.60 Å². The highest BCUT2D eigenvalue weighted by molar-refractivity contribution is 5.67. The first-order valence-corrected chi connectivity index (χ1v) is 8.46. The van der Waals surface area contributed by atoms with Crippen LogP contribution in [0.25, 0.3) is 0 Å². The van der Waals surface area contributed by atoms with E-state index in [1.165, 1.54) is 32.1 Å². The monoisotopic (exact) mass is 300 g/mol. The lowest BCUT2D eigenvalue weighted by Crippen LogP contribution is -2.45. The summed E-state index contributed by atoms with van der Waals surface area (Å²) < 4.78 is 5.26. The minimum absolute atomic E-state index is 0.295. The summed E-state index contributed by atoms with van der Waals surface area (Å²) in [5.74, 6) is 0.482. The van der Waals surface area contributed by atoms with Gasteiger partial charge in [0.05, 0.1) is 0 Å². The molecule has 21 heavy (non-hydrogen) atoms. The molecular formula is C17H36N2O2. The van der Waals surface area contributed by atoms with Crippen LogP contribution in [-0.2, 0) is 4.74 Å². The molecule has 1 atom stereocenters. The Morgan fingerprint density at radius 1 is 1.10 bits per heavy atom. The van der Waals surface area contributed by atoms with Crippen molar-refractivity contribution in [3.63, 3.8) is 0 Å². The molecule has 0 spiro atoms. The molecule has 0 aromatic heterocycles. The number of hydrogen-bond acceptors (Lipinski definition) is 3. The van der Waals surface area contributed by atoms with E-state index in [4.69, 9.17) is 4.74 Å². The Hall–Kier alpha value is -0.770. The summed E-state index contributed by atoms with van der Waals surface area (Å²) in [6, 6.07) is 0.295. The predicted molar refractivity (Wildman–Crippen MR) is 89.6 cm³/mol. The lowest BCUT2D eigenvalue weighted by Gasteiger charge is -2.25. The number of nitrogens with one attached hydrogen (secondary N) is 2. The zero-order valence-corrected chi connectivity index (χ0v) is 14.9. The highest BCUT2D eigenvalue weighted by Crippen LogP contribution is 2.07. The summed E-state index contributed by atoms with van der Waals surface area (Å²) in [6.07, 6.45) is 6.08. The molecule has 0 heterocycles. The van der Waals surface area contributed by atoms with E-state index in [9.17, 15) is 4.79 Å². The normalized spacial score (nSPS) is 13.3. The zero-order valence-electron chi connectivity index (χ0n) is 14.9. The van der Waals surface area contributed by atoms with Crippen LogP contribution in [0, 0.1) is 5.92 Å². The molecule has 0 aromatic carbocycles. The number of unbranched alkanes of at least 4 members (excludes halogenated alkanes) is 4. The molecule has 0 aliphatic rings. The van der Waals surface area contributed by atoms with Gasteiger partial charge in [-0.3, -0.25) is 0 Å². The Labute approximate surface area is 131 Å². The van der Waals surface area contributed by atoms with E-state index in [1.807, 2.05) is 20.8 Å². The van der Waals surface area contributed by atoms with Gasteiger partial charge in [0.15, 0.2) is 0 Å². The van der Waals surface area contributed by atoms with Crippen molar-refractivity contribution in [3.05, 3.63) is 0 Å². The first-order valence-electron chi connectivity index (χ1n) is 8.46. The second kappa shape index (κ2) is 10.9. The molecule has 0 bridgehead atoms. The second-order valence-corrected chi connectivity index (χ2v) is 7.10. The average Bonchev–Trinajstić information content (AvgIpc) is 2.34. The number of alkyl carbamates (subject to hydrolysis) is 1. The third-order valence-electron chi connectivity index (χ3n) is 3.36. The van der Waals surface area contributed by atoms with Crippen LogP contribution >= 0.6 is 0 Å². The van der Waals surface area contributed by atoms with Crippen LogP contribution in [0.15, 0.2) is 0 Å². The average molecular weight is 300 g/mol. The summed E-state index contributed by atoms with van der Waals surface area (Å²) in [5, 5.41) is 6.40. The Bertz CT molecular complexity index is 272. The van der Waals surface area contributed by atoms with Gasteiger partial charge in [-0.2, -0.15) is 0 Å². The van der Waals surface area contributed by atoms with Gasteiger partial charge in [-0.15, -0.1) is 0 Å². The molecule has 0 aromatic rings. The molecule has 1 amide bonds. The molecular weight excluding hydrogens is 264 g/mol. The summed E-state index contributed by atoms with van der Waals surface area (Å²) in [5.41, 5.74) is -0.440. The fraction of sp³-hybridized carbons (Fsp3) is 0.941. The summed E-state index contributed by atoms with van der Waals surface area (Å²) in [7, 11) is 0. The Balaban J connectivity index is 3.89. The van der Waals surface area contributed by atoms with E-state index in [2.05, 4.69) is 31.4 Å². The highest BCUT2D eigenvalue weighted by Gasteiger charge is 2.18. The van der Waals surface area contributed by atoms with Crippen molar-refractivity contribution in [2.24, 2.45) is 5.92 Å². The zero-order chi connectivity index (χ0) is 16.3. The topological polar surface area (TPSA) is 50.4 Å². The molecule has 0 rings (SSSR count). The first kappa shape index (κ1) is 20.2. The maximum atomic E-state index is 11.7. The number of rotatable bonds is 10. The van der Waals surface area contributed by atoms with Crippen LogP contribution in [-0.4, -0.2) is 30.8 Å². The van der Waals surface area contributed by atoms with Crippen LogP contribution in [0.4, 0.5) is 4.79 Å². The third kappa shape index (κ3) is 12.7. The van der Waals surface area contributed by atoms with Crippen molar-refractivity contribution < 1.29 is 9.53 Å². The molecule has 0 radical (unpaired) electrons. The minimum atomic E-state index is -0.440. The van der Waals surface area contributed by atoms with Crippen LogP contribution in [0.3, 0.4) is 0 Å². The molecule has 0 aliphatic heterocycles. The van der Waals surface area contributed by atoms with Crippen LogP contribution in [0.2, 0.25) is 0 Å². The van der Waals surface area contributed by atoms with Gasteiger partial charge in [0.1, 0.15) is 5.60 Å². The maximum absolute atomic E-state index is 11.7. The van der Waals surface area contributed by atoms with Gasteiger partial charge in [-0.1, -0.05) is 46.5 Å². The fourth-order valence-electron chi connectivity index (χ4n) is 2.07. The standard InChI is InChI=1S/C17H36N2O2/c1-7-8-9-10-11-12-18-15(14(2)3)13-19-16(20)21-17(4,5)6/h14-15,18H,7-13H2,1-6H3,(H,19,20). The first-order chi connectivity index (χ1) is 9.76. The van der Waals surface area contributed by atoms with Gasteiger partial charge in [-0.05, 0) is 39.7 Å². The minimum Gasteiger partial charge on any atom is -0.444 e. The Morgan fingerprint density at radius 2 is 1.71 bits per heavy atom. The summed E-state index contributed by atoms with van der Waals surface area (Å²) in [6.45, 7) is 13.8. The Kier molecular flexibility index (Phi) is 10.5. The van der Waals surface area contributed by atoms with Gasteiger partial charge < -0.3 is 15.4 Å². The molecule has 4 heteroatoms. The summed E-state index contributed by atoms with van der Waals surface area (Å²) >= 11 is 0. The van der Waals surface area contributed by atoms with Crippen molar-refractivity contribution in [1.29, 1.82) is 0 Å². The van der Waals surface area contributed by atoms with E-state index in [0.717, 1.165) is 6.54 Å². The fourth-order valence-corrected chi connectivity index (χ4v) is 2.07. The van der Waals surface area contributed by atoms with Crippen molar-refractivity contribution in [3.8, 4) is 0 Å². The van der Waals surface area contributed by atoms with E-state index in [-0.39, 0.29) is 6.09 Å². The number of carbonyl (C=O) groups is 1. The molecule has 0 aliphatic carbocycles. The number of ether oxygens (including phenoxy) is 1. The number of carbonyl (C=O) groups excluding carboxylic acids is 1. The van der Waals surface area contributed by atoms with Gasteiger partial charge in [-0.25, -0.2) is 4.79 Å². The summed E-state index contributed by atoms with van der Waals surface area (Å²) in [4.78, 5) is 11.7. The molecule has 0 saturated carbocycles. The molecule has 2 N–H and O–H groups in total. The van der Waals surface area contributed by atoms with Crippen molar-refractivity contribution >= 4 is 6.09 Å².